The number of nitrogens with zero attached hydrogens (tertiary/aromatic N) is 3. The second-order valence-electron chi connectivity index (χ2n) is 10.1. The van der Waals surface area contributed by atoms with Crippen molar-refractivity contribution in [3.05, 3.63) is 88.9 Å². The minimum Gasteiger partial charge on any atom is -0.279 e. The fourth-order valence-corrected chi connectivity index (χ4v) is 7.20. The van der Waals surface area contributed by atoms with E-state index in [9.17, 15) is 13.2 Å². The molecule has 1 heterocycles. The van der Waals surface area contributed by atoms with Gasteiger partial charge >= 0.3 is 0 Å². The number of para-hydroxylation sites is 1. The van der Waals surface area contributed by atoms with Crippen LogP contribution in [0.1, 0.15) is 43.6 Å². The Bertz CT molecular complexity index is 1490. The van der Waals surface area contributed by atoms with Gasteiger partial charge in [-0.15, -0.1) is 0 Å². The predicted molar refractivity (Wildman–Crippen MR) is 156 cm³/mol. The minimum atomic E-state index is -3.69. The second-order valence-corrected chi connectivity index (χ2v) is 13.4. The van der Waals surface area contributed by atoms with Crippen LogP contribution in [0.2, 0.25) is 5.02 Å². The van der Waals surface area contributed by atoms with Gasteiger partial charge in [0.2, 0.25) is 10.0 Å². The summed E-state index contributed by atoms with van der Waals surface area (Å²) in [7, 11) is -3.69. The highest BCUT2D eigenvalue weighted by molar-refractivity contribution is 7.89. The van der Waals surface area contributed by atoms with Crippen LogP contribution in [0.15, 0.2) is 77.7 Å². The summed E-state index contributed by atoms with van der Waals surface area (Å²) >= 11 is 7.75. The highest BCUT2D eigenvalue weighted by Crippen LogP contribution is 2.34. The summed E-state index contributed by atoms with van der Waals surface area (Å²) < 4.78 is 29.3. The van der Waals surface area contributed by atoms with E-state index < -0.39 is 10.0 Å². The molecule has 0 aliphatic rings. The SMILES string of the molecule is CC(C)CN(CC(C)C)S(=O)(=O)c1ccc(C(=O)N(Cc2ccccc2)c2nc3c(Cl)cccc3s2)cc1. The largest absolute Gasteiger partial charge is 0.279 e. The number of rotatable bonds is 10. The molecule has 6 nitrogen and oxygen atoms in total. The Hall–Kier alpha value is -2.78. The molecular weight excluding hydrogens is 538 g/mol. The van der Waals surface area contributed by atoms with Crippen molar-refractivity contribution >= 4 is 54.2 Å². The first-order valence-corrected chi connectivity index (χ1v) is 15.2. The number of thiazole rings is 1. The molecule has 0 spiro atoms. The number of sulfonamides is 1. The topological polar surface area (TPSA) is 70.6 Å². The Morgan fingerprint density at radius 1 is 0.895 bits per heavy atom. The molecule has 0 atom stereocenters. The zero-order valence-electron chi connectivity index (χ0n) is 22.0. The Morgan fingerprint density at radius 2 is 1.53 bits per heavy atom. The van der Waals surface area contributed by atoms with Gasteiger partial charge in [0.15, 0.2) is 5.13 Å². The summed E-state index contributed by atoms with van der Waals surface area (Å²) in [6, 6.07) is 21.4. The third kappa shape index (κ3) is 6.43. The highest BCUT2D eigenvalue weighted by atomic mass is 35.5. The van der Waals surface area contributed by atoms with E-state index in [0.29, 0.717) is 40.9 Å². The van der Waals surface area contributed by atoms with Crippen LogP contribution in [-0.4, -0.2) is 36.7 Å². The van der Waals surface area contributed by atoms with Gasteiger partial charge < -0.3 is 0 Å². The maximum atomic E-state index is 13.8. The van der Waals surface area contributed by atoms with E-state index in [1.807, 2.05) is 70.2 Å². The minimum absolute atomic E-state index is 0.178. The molecule has 9 heteroatoms. The van der Waals surface area contributed by atoms with Crippen molar-refractivity contribution in [2.45, 2.75) is 39.1 Å². The van der Waals surface area contributed by atoms with Crippen molar-refractivity contribution in [2.24, 2.45) is 11.8 Å². The Labute approximate surface area is 233 Å². The van der Waals surface area contributed by atoms with Crippen LogP contribution in [-0.2, 0) is 16.6 Å². The molecule has 4 rings (SSSR count). The molecule has 0 radical (unpaired) electrons. The summed E-state index contributed by atoms with van der Waals surface area (Å²) in [4.78, 5) is 20.3. The van der Waals surface area contributed by atoms with Gasteiger partial charge in [-0.2, -0.15) is 4.31 Å². The number of hydrogen-bond donors (Lipinski definition) is 0. The molecule has 0 saturated heterocycles. The summed E-state index contributed by atoms with van der Waals surface area (Å²) in [5, 5.41) is 1.05. The average Bonchev–Trinajstić information content (AvgIpc) is 3.32. The van der Waals surface area contributed by atoms with E-state index >= 15 is 0 Å². The van der Waals surface area contributed by atoms with Crippen LogP contribution in [0.3, 0.4) is 0 Å². The number of carbonyl (C=O) groups is 1. The smallest absolute Gasteiger partial charge is 0.260 e. The van der Waals surface area contributed by atoms with Crippen molar-refractivity contribution in [3.63, 3.8) is 0 Å². The second kappa shape index (κ2) is 11.9. The van der Waals surface area contributed by atoms with Crippen LogP contribution in [0.25, 0.3) is 10.2 Å². The maximum Gasteiger partial charge on any atom is 0.260 e. The molecular formula is C29H32ClN3O3S2. The number of halogens is 1. The zero-order valence-corrected chi connectivity index (χ0v) is 24.4. The molecule has 0 aliphatic carbocycles. The lowest BCUT2D eigenvalue weighted by Crippen LogP contribution is -2.37. The van der Waals surface area contributed by atoms with Gasteiger partial charge in [-0.3, -0.25) is 9.69 Å². The Balaban J connectivity index is 1.67. The van der Waals surface area contributed by atoms with Crippen molar-refractivity contribution in [1.29, 1.82) is 0 Å². The summed E-state index contributed by atoms with van der Waals surface area (Å²) in [5.41, 5.74) is 1.98. The zero-order chi connectivity index (χ0) is 27.4. The Kier molecular flexibility index (Phi) is 8.88. The first-order valence-electron chi connectivity index (χ1n) is 12.6. The van der Waals surface area contributed by atoms with Crippen LogP contribution < -0.4 is 4.90 Å². The van der Waals surface area contributed by atoms with Crippen molar-refractivity contribution < 1.29 is 13.2 Å². The number of anilines is 1. The van der Waals surface area contributed by atoms with E-state index in [0.717, 1.165) is 10.3 Å². The number of benzene rings is 3. The van der Waals surface area contributed by atoms with Crippen molar-refractivity contribution in [2.75, 3.05) is 18.0 Å². The van der Waals surface area contributed by atoms with Gasteiger partial charge in [0.1, 0.15) is 5.52 Å². The van der Waals surface area contributed by atoms with E-state index in [1.165, 1.54) is 27.8 Å². The monoisotopic (exact) mass is 569 g/mol. The highest BCUT2D eigenvalue weighted by Gasteiger charge is 2.27. The fraction of sp³-hybridized carbons (Fsp3) is 0.310. The molecule has 4 aromatic rings. The van der Waals surface area contributed by atoms with E-state index in [4.69, 9.17) is 11.6 Å². The molecule has 0 unspecified atom stereocenters. The molecule has 0 aliphatic heterocycles. The van der Waals surface area contributed by atoms with Crippen molar-refractivity contribution in [3.8, 4) is 0 Å². The average molecular weight is 570 g/mol. The van der Waals surface area contributed by atoms with E-state index in [-0.39, 0.29) is 22.6 Å². The van der Waals surface area contributed by atoms with Crippen LogP contribution in [0.5, 0.6) is 0 Å². The molecule has 0 N–H and O–H groups in total. The predicted octanol–water partition coefficient (Wildman–Crippen LogP) is 7.10. The van der Waals surface area contributed by atoms with Gasteiger partial charge in [0, 0.05) is 18.7 Å². The molecule has 3 aromatic carbocycles. The number of hydrogen-bond acceptors (Lipinski definition) is 5. The number of fused-ring (bicyclic) bond motifs is 1. The standard InChI is InChI=1S/C29H32ClN3O3S2/c1-20(2)17-32(18-21(3)4)38(35,36)24-15-13-23(14-16-24)28(34)33(19-22-9-6-5-7-10-22)29-31-27-25(30)11-8-12-26(27)37-29/h5-16,20-21H,17-19H2,1-4H3. The number of carbonyl (C=O) groups excluding carboxylic acids is 1. The van der Waals surface area contributed by atoms with Gasteiger partial charge in [0.25, 0.3) is 5.91 Å². The number of amides is 1. The maximum absolute atomic E-state index is 13.8. The van der Waals surface area contributed by atoms with E-state index in [1.54, 1.807) is 23.1 Å². The molecule has 38 heavy (non-hydrogen) atoms. The lowest BCUT2D eigenvalue weighted by Gasteiger charge is -2.26. The number of aromatic nitrogens is 1. The van der Waals surface area contributed by atoms with Crippen LogP contribution >= 0.6 is 22.9 Å². The molecule has 200 valence electrons. The normalized spacial score (nSPS) is 12.1. The Morgan fingerprint density at radius 3 is 2.11 bits per heavy atom. The fourth-order valence-electron chi connectivity index (χ4n) is 4.17. The summed E-state index contributed by atoms with van der Waals surface area (Å²) in [6.07, 6.45) is 0. The summed E-state index contributed by atoms with van der Waals surface area (Å²) in [6.45, 7) is 9.19. The van der Waals surface area contributed by atoms with Crippen molar-refractivity contribution in [1.82, 2.24) is 9.29 Å². The van der Waals surface area contributed by atoms with Gasteiger partial charge in [0.05, 0.1) is 21.2 Å². The van der Waals surface area contributed by atoms with Gasteiger partial charge in [-0.25, -0.2) is 13.4 Å². The van der Waals surface area contributed by atoms with Crippen LogP contribution in [0, 0.1) is 11.8 Å². The molecule has 1 aromatic heterocycles. The van der Waals surface area contributed by atoms with Gasteiger partial charge in [-0.05, 0) is 53.8 Å². The molecule has 0 saturated carbocycles. The molecule has 1 amide bonds. The van der Waals surface area contributed by atoms with Crippen LogP contribution in [0.4, 0.5) is 5.13 Å². The lowest BCUT2D eigenvalue weighted by atomic mass is 10.1. The molecule has 0 bridgehead atoms. The summed E-state index contributed by atoms with van der Waals surface area (Å²) in [5.74, 6) is 0.116. The van der Waals surface area contributed by atoms with E-state index in [2.05, 4.69) is 4.98 Å². The third-order valence-electron chi connectivity index (χ3n) is 5.89. The first kappa shape index (κ1) is 28.2. The molecule has 0 fully saturated rings. The first-order chi connectivity index (χ1) is 18.1. The lowest BCUT2D eigenvalue weighted by molar-refractivity contribution is 0.0985. The third-order valence-corrected chi connectivity index (χ3v) is 9.09. The van der Waals surface area contributed by atoms with Gasteiger partial charge in [-0.1, -0.05) is 87.0 Å². The quantitative estimate of drug-likeness (QED) is 0.204.